The zero-order chi connectivity index (χ0) is 17.8. The van der Waals surface area contributed by atoms with Gasteiger partial charge in [0.2, 0.25) is 5.82 Å². The molecule has 0 radical (unpaired) electrons. The molecule has 126 valence electrons. The highest BCUT2D eigenvalue weighted by atomic mass is 16.5. The quantitative estimate of drug-likeness (QED) is 0.586. The van der Waals surface area contributed by atoms with E-state index in [1.165, 1.54) is 0 Å². The summed E-state index contributed by atoms with van der Waals surface area (Å²) in [4.78, 5) is 16.9. The van der Waals surface area contributed by atoms with Gasteiger partial charge in [-0.05, 0) is 36.4 Å². The van der Waals surface area contributed by atoms with Gasteiger partial charge in [-0.3, -0.25) is 4.79 Å². The SMILES string of the molecule is O=C(Nc1ccccc1-c1noc(-c2ccccc2)n1)c1ccccc1. The number of carbonyl (C=O) groups is 1. The zero-order valence-electron chi connectivity index (χ0n) is 13.8. The lowest BCUT2D eigenvalue weighted by molar-refractivity contribution is 0.102. The molecule has 5 heteroatoms. The van der Waals surface area contributed by atoms with Gasteiger partial charge in [-0.2, -0.15) is 4.98 Å². The standard InChI is InChI=1S/C21H15N3O2/c25-20(15-9-3-1-4-10-15)22-18-14-8-7-13-17(18)19-23-21(26-24-19)16-11-5-2-6-12-16/h1-14H,(H,22,25). The second-order valence-electron chi connectivity index (χ2n) is 5.65. The highest BCUT2D eigenvalue weighted by molar-refractivity contribution is 6.06. The van der Waals surface area contributed by atoms with E-state index in [1.807, 2.05) is 72.8 Å². The Labute approximate surface area is 150 Å². The third-order valence-corrected chi connectivity index (χ3v) is 3.90. The van der Waals surface area contributed by atoms with Crippen LogP contribution >= 0.6 is 0 Å². The summed E-state index contributed by atoms with van der Waals surface area (Å²) < 4.78 is 5.38. The molecule has 0 fully saturated rings. The van der Waals surface area contributed by atoms with Gasteiger partial charge in [-0.25, -0.2) is 0 Å². The van der Waals surface area contributed by atoms with E-state index in [2.05, 4.69) is 15.5 Å². The number of nitrogens with one attached hydrogen (secondary N) is 1. The molecule has 1 N–H and O–H groups in total. The fourth-order valence-corrected chi connectivity index (χ4v) is 2.60. The second-order valence-corrected chi connectivity index (χ2v) is 5.65. The average Bonchev–Trinajstić information content (AvgIpc) is 3.20. The molecule has 0 aliphatic heterocycles. The maximum Gasteiger partial charge on any atom is 0.258 e. The largest absolute Gasteiger partial charge is 0.334 e. The lowest BCUT2D eigenvalue weighted by Gasteiger charge is -2.08. The predicted molar refractivity (Wildman–Crippen MR) is 99.6 cm³/mol. The van der Waals surface area contributed by atoms with Crippen molar-refractivity contribution in [3.8, 4) is 22.8 Å². The normalized spacial score (nSPS) is 10.5. The number of rotatable bonds is 4. The molecule has 0 spiro atoms. The molecule has 1 aromatic heterocycles. The zero-order valence-corrected chi connectivity index (χ0v) is 13.8. The van der Waals surface area contributed by atoms with E-state index in [0.29, 0.717) is 28.5 Å². The van der Waals surface area contributed by atoms with Gasteiger partial charge >= 0.3 is 0 Å². The number of hydrogen-bond donors (Lipinski definition) is 1. The van der Waals surface area contributed by atoms with Crippen LogP contribution in [0.2, 0.25) is 0 Å². The van der Waals surface area contributed by atoms with Crippen LogP contribution in [0.25, 0.3) is 22.8 Å². The molecule has 0 aliphatic carbocycles. The van der Waals surface area contributed by atoms with Gasteiger partial charge in [-0.15, -0.1) is 0 Å². The Morgan fingerprint density at radius 3 is 2.23 bits per heavy atom. The van der Waals surface area contributed by atoms with Gasteiger partial charge in [0.05, 0.1) is 5.69 Å². The van der Waals surface area contributed by atoms with Crippen molar-refractivity contribution in [1.29, 1.82) is 0 Å². The first-order chi connectivity index (χ1) is 12.8. The van der Waals surface area contributed by atoms with E-state index in [1.54, 1.807) is 12.1 Å². The van der Waals surface area contributed by atoms with Crippen LogP contribution in [-0.2, 0) is 0 Å². The monoisotopic (exact) mass is 341 g/mol. The van der Waals surface area contributed by atoms with Crippen LogP contribution in [0.15, 0.2) is 89.5 Å². The molecule has 0 aliphatic rings. The Kier molecular flexibility index (Phi) is 4.26. The van der Waals surface area contributed by atoms with Crippen LogP contribution in [0.1, 0.15) is 10.4 Å². The number of anilines is 1. The van der Waals surface area contributed by atoms with Gasteiger partial charge in [-0.1, -0.05) is 53.7 Å². The number of hydrogen-bond acceptors (Lipinski definition) is 4. The third kappa shape index (κ3) is 3.23. The van der Waals surface area contributed by atoms with Crippen LogP contribution in [0.4, 0.5) is 5.69 Å². The summed E-state index contributed by atoms with van der Waals surface area (Å²) >= 11 is 0. The molecule has 5 nitrogen and oxygen atoms in total. The van der Waals surface area contributed by atoms with Crippen molar-refractivity contribution >= 4 is 11.6 Å². The highest BCUT2D eigenvalue weighted by Gasteiger charge is 2.15. The molecule has 0 saturated heterocycles. The lowest BCUT2D eigenvalue weighted by Crippen LogP contribution is -2.12. The molecule has 0 atom stereocenters. The number of para-hydroxylation sites is 1. The number of amides is 1. The summed E-state index contributed by atoms with van der Waals surface area (Å²) in [6, 6.07) is 26.0. The smallest absolute Gasteiger partial charge is 0.258 e. The van der Waals surface area contributed by atoms with E-state index < -0.39 is 0 Å². The van der Waals surface area contributed by atoms with Crippen LogP contribution in [0.5, 0.6) is 0 Å². The number of nitrogens with zero attached hydrogens (tertiary/aromatic N) is 2. The van der Waals surface area contributed by atoms with Crippen molar-refractivity contribution in [2.24, 2.45) is 0 Å². The first kappa shape index (κ1) is 15.8. The Morgan fingerprint density at radius 1 is 0.808 bits per heavy atom. The maximum absolute atomic E-state index is 12.4. The Bertz CT molecular complexity index is 1030. The van der Waals surface area contributed by atoms with Crippen LogP contribution < -0.4 is 5.32 Å². The van der Waals surface area contributed by atoms with Gasteiger partial charge in [0, 0.05) is 16.7 Å². The summed E-state index contributed by atoms with van der Waals surface area (Å²) in [5, 5.41) is 6.98. The third-order valence-electron chi connectivity index (χ3n) is 3.90. The van der Waals surface area contributed by atoms with Crippen LogP contribution in [-0.4, -0.2) is 16.0 Å². The number of carbonyl (C=O) groups excluding carboxylic acids is 1. The maximum atomic E-state index is 12.4. The van der Waals surface area contributed by atoms with E-state index >= 15 is 0 Å². The van der Waals surface area contributed by atoms with Crippen molar-refractivity contribution in [2.75, 3.05) is 5.32 Å². The van der Waals surface area contributed by atoms with E-state index in [4.69, 9.17) is 4.52 Å². The minimum atomic E-state index is -0.190. The summed E-state index contributed by atoms with van der Waals surface area (Å²) in [7, 11) is 0. The molecule has 4 rings (SSSR count). The van der Waals surface area contributed by atoms with Crippen LogP contribution in [0, 0.1) is 0 Å². The van der Waals surface area contributed by atoms with Gasteiger partial charge in [0.1, 0.15) is 0 Å². The predicted octanol–water partition coefficient (Wildman–Crippen LogP) is 4.66. The molecule has 0 unspecified atom stereocenters. The van der Waals surface area contributed by atoms with Gasteiger partial charge in [0.25, 0.3) is 11.8 Å². The van der Waals surface area contributed by atoms with Crippen molar-refractivity contribution in [3.63, 3.8) is 0 Å². The molecule has 1 amide bonds. The minimum Gasteiger partial charge on any atom is -0.334 e. The molecule has 0 bridgehead atoms. The Morgan fingerprint density at radius 2 is 1.46 bits per heavy atom. The first-order valence-electron chi connectivity index (χ1n) is 8.16. The molecule has 3 aromatic carbocycles. The summed E-state index contributed by atoms with van der Waals surface area (Å²) in [5.74, 6) is 0.669. The first-order valence-corrected chi connectivity index (χ1v) is 8.16. The summed E-state index contributed by atoms with van der Waals surface area (Å²) in [5.41, 5.74) is 2.75. The molecular formula is C21H15N3O2. The van der Waals surface area contributed by atoms with Gasteiger partial charge in [0.15, 0.2) is 0 Å². The second kappa shape index (κ2) is 7.03. The molecular weight excluding hydrogens is 326 g/mol. The van der Waals surface area contributed by atoms with Crippen molar-refractivity contribution in [2.45, 2.75) is 0 Å². The Hall–Kier alpha value is -3.73. The van der Waals surface area contributed by atoms with E-state index in [-0.39, 0.29) is 5.91 Å². The lowest BCUT2D eigenvalue weighted by atomic mass is 10.1. The average molecular weight is 341 g/mol. The van der Waals surface area contributed by atoms with Gasteiger partial charge < -0.3 is 9.84 Å². The summed E-state index contributed by atoms with van der Waals surface area (Å²) in [6.45, 7) is 0. The van der Waals surface area contributed by atoms with Crippen molar-refractivity contribution in [1.82, 2.24) is 10.1 Å². The molecule has 1 heterocycles. The van der Waals surface area contributed by atoms with E-state index in [9.17, 15) is 4.79 Å². The fourth-order valence-electron chi connectivity index (χ4n) is 2.60. The topological polar surface area (TPSA) is 68.0 Å². The number of aromatic nitrogens is 2. The minimum absolute atomic E-state index is 0.190. The van der Waals surface area contributed by atoms with Crippen molar-refractivity contribution in [3.05, 3.63) is 90.5 Å². The molecule has 0 saturated carbocycles. The van der Waals surface area contributed by atoms with Crippen LogP contribution in [0.3, 0.4) is 0 Å². The van der Waals surface area contributed by atoms with E-state index in [0.717, 1.165) is 5.56 Å². The Balaban J connectivity index is 1.64. The van der Waals surface area contributed by atoms with Crippen molar-refractivity contribution < 1.29 is 9.32 Å². The molecule has 4 aromatic rings. The highest BCUT2D eigenvalue weighted by Crippen LogP contribution is 2.28. The summed E-state index contributed by atoms with van der Waals surface area (Å²) in [6.07, 6.45) is 0. The fraction of sp³-hybridized carbons (Fsp3) is 0. The number of benzene rings is 3. The molecule has 26 heavy (non-hydrogen) atoms.